The molecule has 0 fully saturated rings. The van der Waals surface area contributed by atoms with Crippen LogP contribution in [0.4, 0.5) is 0 Å². The van der Waals surface area contributed by atoms with Crippen LogP contribution in [0, 0.1) is 30.6 Å². The van der Waals surface area contributed by atoms with Crippen LogP contribution >= 0.6 is 0 Å². The van der Waals surface area contributed by atoms with Gasteiger partial charge in [-0.25, -0.2) is 0 Å². The summed E-state index contributed by atoms with van der Waals surface area (Å²) in [6.45, 7) is 0. The Labute approximate surface area is 167 Å². The van der Waals surface area contributed by atoms with E-state index in [1.807, 2.05) is 0 Å². The molecule has 0 aromatic rings. The Balaban J connectivity index is -0.000000720. The zero-order valence-corrected chi connectivity index (χ0v) is 14.0. The first kappa shape index (κ1) is 21.2. The normalized spacial score (nSPS) is 9.20. The first-order valence-electron chi connectivity index (χ1n) is 2.54. The summed E-state index contributed by atoms with van der Waals surface area (Å²) in [6, 6.07) is 0. The van der Waals surface area contributed by atoms with Crippen molar-refractivity contribution >= 4 is 5.84 Å². The first-order valence-corrected chi connectivity index (χ1v) is 2.54. The second-order valence-corrected chi connectivity index (χ2v) is 1.60. The van der Waals surface area contributed by atoms with Crippen LogP contribution in [0.25, 0.3) is 0 Å². The third-order valence-corrected chi connectivity index (χ3v) is 0.883. The first-order chi connectivity index (χ1) is 5.91. The molecule has 0 N–H and O–H groups in total. The van der Waals surface area contributed by atoms with Gasteiger partial charge in [-0.15, -0.1) is 4.90 Å². The Kier molecular flexibility index (Phi) is 14.2. The molecule has 0 amide bonds. The minimum absolute atomic E-state index is 0. The summed E-state index contributed by atoms with van der Waals surface area (Å²) >= 11 is 0. The van der Waals surface area contributed by atoms with Gasteiger partial charge in [0.1, 0.15) is 4.92 Å². The quantitative estimate of drug-likeness (QED) is 0.0915. The predicted molar refractivity (Wildman–Crippen MR) is 34.1 cm³/mol. The van der Waals surface area contributed by atoms with Crippen LogP contribution in [-0.4, -0.2) is 20.6 Å². The van der Waals surface area contributed by atoms with Gasteiger partial charge in [0.25, 0.3) is 0 Å². The van der Waals surface area contributed by atoms with E-state index in [0.29, 0.717) is 0 Å². The van der Waals surface area contributed by atoms with Crippen molar-refractivity contribution in [1.82, 2.24) is 0 Å². The van der Waals surface area contributed by atoms with Crippen molar-refractivity contribution in [1.29, 1.82) is 0 Å². The molecule has 0 atom stereocenters. The average molecular weight is 269 g/mol. The van der Waals surface area contributed by atoms with Crippen LogP contribution in [0.3, 0.4) is 0 Å². The molecule has 0 aliphatic carbocycles. The molecule has 0 aromatic carbocycles. The molecule has 0 aliphatic rings. The summed E-state index contributed by atoms with van der Waals surface area (Å²) in [5, 5.41) is 49.4. The number of rotatable bonds is 2. The number of nitro groups is 2. The molecule has 0 unspecified atom stereocenters. The van der Waals surface area contributed by atoms with Gasteiger partial charge in [0.05, 0.1) is 4.92 Å². The third kappa shape index (κ3) is 6.93. The fourth-order valence-corrected chi connectivity index (χ4v) is 0.431. The van der Waals surface area contributed by atoms with Crippen LogP contribution in [-0.2, 0) is 0 Å². The molecule has 10 nitrogen and oxygen atoms in total. The summed E-state index contributed by atoms with van der Waals surface area (Å²) < 4.78 is 0. The molecule has 0 bridgehead atoms. The molecule has 0 aromatic heterocycles. The van der Waals surface area contributed by atoms with E-state index in [9.17, 15) is 35.7 Å². The van der Waals surface area contributed by atoms with Crippen molar-refractivity contribution in [2.24, 2.45) is 0 Å². The van der Waals surface area contributed by atoms with Gasteiger partial charge in [0.15, 0.2) is 0 Å². The molecule has 15 heavy (non-hydrogen) atoms. The molecular formula is C3HK2N3O7. The van der Waals surface area contributed by atoms with E-state index in [-0.39, 0.29) is 103 Å². The van der Waals surface area contributed by atoms with Crippen LogP contribution in [0.15, 0.2) is 12.0 Å². The van der Waals surface area contributed by atoms with Crippen LogP contribution < -0.4 is 108 Å². The second kappa shape index (κ2) is 10.1. The third-order valence-electron chi connectivity index (χ3n) is 0.883. The van der Waals surface area contributed by atoms with Gasteiger partial charge in [0.2, 0.25) is 0 Å². The monoisotopic (exact) mass is 269 g/mol. The van der Waals surface area contributed by atoms with Crippen molar-refractivity contribution in [2.75, 3.05) is 0 Å². The maximum atomic E-state index is 9.89. The Bertz CT molecular complexity index is 309. The summed E-state index contributed by atoms with van der Waals surface area (Å²) in [5.41, 5.74) is -1.69. The molecule has 0 saturated heterocycles. The van der Waals surface area contributed by atoms with Crippen molar-refractivity contribution in [3.63, 3.8) is 0 Å². The molecule has 12 heteroatoms. The van der Waals surface area contributed by atoms with Gasteiger partial charge in [-0.05, 0) is 0 Å². The van der Waals surface area contributed by atoms with Gasteiger partial charge in [0, 0.05) is 0 Å². The minimum atomic E-state index is -1.94. The number of hydrogen-bond donors (Lipinski definition) is 0. The van der Waals surface area contributed by atoms with Gasteiger partial charge in [-0.1, -0.05) is 6.26 Å². The summed E-state index contributed by atoms with van der Waals surface area (Å²) in [7, 11) is 0. The fourth-order valence-electron chi connectivity index (χ4n) is 0.431. The largest absolute Gasteiger partial charge is 1.00 e. The van der Waals surface area contributed by atoms with Crippen molar-refractivity contribution in [3.05, 3.63) is 42.6 Å². The van der Waals surface area contributed by atoms with Gasteiger partial charge < -0.3 is 15.5 Å². The van der Waals surface area contributed by atoms with E-state index >= 15 is 0 Å². The van der Waals surface area contributed by atoms with E-state index in [1.54, 1.807) is 0 Å². The maximum absolute atomic E-state index is 9.89. The second-order valence-electron chi connectivity index (χ2n) is 1.60. The van der Waals surface area contributed by atoms with E-state index in [1.165, 1.54) is 0 Å². The SMILES string of the molecule is O=[N+]([O-])C(/C(=C/[O-])[N+](=O)[O-])=[N+]([O-])[O-].[K+].[K+]. The smallest absolute Gasteiger partial charge is 0.873 e. The summed E-state index contributed by atoms with van der Waals surface area (Å²) in [5.74, 6) is -1.94. The van der Waals surface area contributed by atoms with E-state index in [4.69, 9.17) is 0 Å². The van der Waals surface area contributed by atoms with Crippen molar-refractivity contribution in [3.8, 4) is 0 Å². The molecule has 0 aliphatic heterocycles. The summed E-state index contributed by atoms with van der Waals surface area (Å²) in [6.07, 6.45) is -0.555. The molecular weight excluding hydrogens is 268 g/mol. The zero-order valence-electron chi connectivity index (χ0n) is 7.78. The molecule has 0 rings (SSSR count). The topological polar surface area (TPSA) is 158 Å². The molecule has 0 spiro atoms. The van der Waals surface area contributed by atoms with Gasteiger partial charge >= 0.3 is 114 Å². The Morgan fingerprint density at radius 1 is 0.933 bits per heavy atom. The zero-order chi connectivity index (χ0) is 10.6. The number of hydrogen-bond acceptors (Lipinski definition) is 7. The van der Waals surface area contributed by atoms with Crippen molar-refractivity contribution < 1.29 is 123 Å². The molecule has 0 radical (unpaired) electrons. The van der Waals surface area contributed by atoms with Gasteiger partial charge in [-0.3, -0.25) is 20.2 Å². The molecule has 0 saturated carbocycles. The van der Waals surface area contributed by atoms with Crippen LogP contribution in [0.5, 0.6) is 0 Å². The molecule has 0 heterocycles. The Morgan fingerprint density at radius 3 is 1.40 bits per heavy atom. The number of amidine groups is 1. The Morgan fingerprint density at radius 2 is 1.33 bits per heavy atom. The average Bonchev–Trinajstić information content (AvgIpc) is 1.97. The van der Waals surface area contributed by atoms with E-state index < -0.39 is 32.5 Å². The predicted octanol–water partition coefficient (Wildman–Crippen LogP) is -7.84. The number of nitrogens with zero attached hydrogens (tertiary/aromatic N) is 3. The fraction of sp³-hybridized carbons (Fsp3) is 0. The van der Waals surface area contributed by atoms with E-state index in [0.717, 1.165) is 0 Å². The van der Waals surface area contributed by atoms with Crippen molar-refractivity contribution in [2.45, 2.75) is 0 Å². The van der Waals surface area contributed by atoms with Crippen LogP contribution in [0.1, 0.15) is 0 Å². The van der Waals surface area contributed by atoms with Crippen LogP contribution in [0.2, 0.25) is 0 Å². The maximum Gasteiger partial charge on any atom is 1.00 e. The van der Waals surface area contributed by atoms with Gasteiger partial charge in [-0.2, -0.15) is 0 Å². The van der Waals surface area contributed by atoms with E-state index in [2.05, 4.69) is 0 Å². The summed E-state index contributed by atoms with van der Waals surface area (Å²) in [4.78, 5) is 15.1. The molecule has 72 valence electrons. The standard InChI is InChI=1S/C3H2N3O7.2K/c7-1-2(4(8)9)3(5(10)11)6(12)13;;/h1H,(H-,7,10,11);;/q-1;2*+1/p-1/b2-1-;;. The Hall–Kier alpha value is 0.883. The minimum Gasteiger partial charge on any atom is -0.873 e.